The number of hydrogen-bond acceptors (Lipinski definition) is 10. The van der Waals surface area contributed by atoms with Crippen molar-refractivity contribution >= 4 is 51.6 Å². The molecule has 346 valence electrons. The molecule has 3 heterocycles. The van der Waals surface area contributed by atoms with E-state index in [1.54, 1.807) is 50.2 Å². The number of carbonyl (C=O) groups excluding carboxylic acids is 2. The number of halogens is 1. The Balaban J connectivity index is 0.000000211. The zero-order chi connectivity index (χ0) is 47.8. The molecule has 0 saturated heterocycles. The lowest BCUT2D eigenvalue weighted by molar-refractivity contribution is -0.139. The number of fused-ring (bicyclic) bond motifs is 2. The number of nitrogens with two attached hydrogens (primary N) is 1. The van der Waals surface area contributed by atoms with E-state index < -0.39 is 23.8 Å². The Kier molecular flexibility index (Phi) is 15.4. The molecule has 0 unspecified atom stereocenters. The Bertz CT molecular complexity index is 3020. The molecule has 1 atom stereocenters. The van der Waals surface area contributed by atoms with Gasteiger partial charge in [-0.3, -0.25) is 0 Å². The van der Waals surface area contributed by atoms with Crippen molar-refractivity contribution in [3.8, 4) is 22.5 Å². The minimum absolute atomic E-state index is 0.109. The lowest BCUT2D eigenvalue weighted by Gasteiger charge is -2.31. The molecular formula is C53H55ClN6O7. The van der Waals surface area contributed by atoms with Gasteiger partial charge in [-0.1, -0.05) is 91.3 Å². The molecule has 13 nitrogen and oxygen atoms in total. The van der Waals surface area contributed by atoms with Crippen LogP contribution >= 0.6 is 11.6 Å². The number of esters is 2. The highest BCUT2D eigenvalue weighted by molar-refractivity contribution is 6.31. The fraction of sp³-hybridized carbons (Fsp3) is 0.264. The van der Waals surface area contributed by atoms with Gasteiger partial charge in [0.05, 0.1) is 77.3 Å². The number of imidazole rings is 2. The Labute approximate surface area is 394 Å². The fourth-order valence-corrected chi connectivity index (χ4v) is 8.82. The van der Waals surface area contributed by atoms with Gasteiger partial charge in [0, 0.05) is 42.8 Å². The topological polar surface area (TPSA) is 173 Å². The zero-order valence-electron chi connectivity index (χ0n) is 38.6. The first-order chi connectivity index (χ1) is 32.4. The zero-order valence-corrected chi connectivity index (χ0v) is 39.3. The summed E-state index contributed by atoms with van der Waals surface area (Å²) < 4.78 is 20.3. The SMILES string of the molecule is CCCc1nc2c(C)cc(-c3nc4ccccc4n3C)cc2n1Cc1ccc(-c2ccccc2C(=O)O)cc1.CCOC(=O)C1=C(COCCN)NC(C)=C(C(=O)OC)[C@@H]1c1ccccc1Cl. The van der Waals surface area contributed by atoms with Crippen LogP contribution in [0.5, 0.6) is 0 Å². The van der Waals surface area contributed by atoms with Crippen molar-refractivity contribution in [1.29, 1.82) is 0 Å². The molecule has 7 aromatic rings. The van der Waals surface area contributed by atoms with Gasteiger partial charge in [-0.05, 0) is 91.4 Å². The molecule has 0 spiro atoms. The molecule has 5 aromatic carbocycles. The lowest BCUT2D eigenvalue weighted by Crippen LogP contribution is -2.35. The van der Waals surface area contributed by atoms with Gasteiger partial charge in [0.25, 0.3) is 0 Å². The molecule has 2 aromatic heterocycles. The minimum Gasteiger partial charge on any atom is -0.478 e. The molecule has 0 radical (unpaired) electrons. The maximum Gasteiger partial charge on any atom is 0.336 e. The molecule has 8 rings (SSSR count). The van der Waals surface area contributed by atoms with E-state index in [-0.39, 0.29) is 18.8 Å². The van der Waals surface area contributed by atoms with Crippen molar-refractivity contribution in [2.24, 2.45) is 12.8 Å². The number of carboxylic acid groups (broad SMARTS) is 1. The Hall–Kier alpha value is -7.06. The van der Waals surface area contributed by atoms with E-state index in [4.69, 9.17) is 41.5 Å². The maximum atomic E-state index is 12.9. The second-order valence-corrected chi connectivity index (χ2v) is 16.5. The summed E-state index contributed by atoms with van der Waals surface area (Å²) in [6.07, 6.45) is 1.89. The molecule has 1 aliphatic rings. The molecule has 0 amide bonds. The van der Waals surface area contributed by atoms with E-state index in [2.05, 4.69) is 65.7 Å². The third-order valence-electron chi connectivity index (χ3n) is 11.7. The van der Waals surface area contributed by atoms with Crippen LogP contribution in [0.25, 0.3) is 44.6 Å². The summed E-state index contributed by atoms with van der Waals surface area (Å²) in [5.74, 6) is -0.780. The number of benzene rings is 5. The molecule has 0 fully saturated rings. The first-order valence-corrected chi connectivity index (χ1v) is 22.6. The van der Waals surface area contributed by atoms with E-state index in [0.717, 1.165) is 74.4 Å². The number of nitrogens with one attached hydrogen (secondary N) is 1. The number of hydrogen-bond donors (Lipinski definition) is 3. The highest BCUT2D eigenvalue weighted by Crippen LogP contribution is 2.42. The van der Waals surface area contributed by atoms with Crippen molar-refractivity contribution in [3.63, 3.8) is 0 Å². The van der Waals surface area contributed by atoms with Crippen molar-refractivity contribution in [1.82, 2.24) is 24.4 Å². The number of aromatic nitrogens is 4. The average Bonchev–Trinajstić information content (AvgIpc) is 3.85. The number of rotatable bonds is 15. The standard InChI is InChI=1S/C33H30N4O2.C20H25ClN2O5/c1-4-9-30-35-31-21(2)18-24(32-34-27-12-7-8-13-28(27)36(32)3)19-29(31)37(30)20-22-14-16-23(17-15-22)25-10-5-6-11-26(25)33(38)39;1-4-28-20(25)18-15(11-27-10-9-22)23-12(2)16(19(24)26-3)17(18)13-7-5-6-8-14(13)21/h5-8,10-19H,4,9,20H2,1-3H3,(H,38,39);5-8,17,23H,4,9-11,22H2,1-3H3/t;17-/m.0/s1. The Morgan fingerprint density at radius 2 is 1.57 bits per heavy atom. The second-order valence-electron chi connectivity index (χ2n) is 16.1. The number of aryl methyl sites for hydroxylation is 3. The van der Waals surface area contributed by atoms with E-state index >= 15 is 0 Å². The number of carbonyl (C=O) groups is 3. The van der Waals surface area contributed by atoms with Crippen LogP contribution in [-0.2, 0) is 43.8 Å². The van der Waals surface area contributed by atoms with Crippen LogP contribution in [0.3, 0.4) is 0 Å². The fourth-order valence-electron chi connectivity index (χ4n) is 8.58. The molecule has 67 heavy (non-hydrogen) atoms. The summed E-state index contributed by atoms with van der Waals surface area (Å²) in [7, 11) is 3.36. The predicted molar refractivity (Wildman–Crippen MR) is 262 cm³/mol. The highest BCUT2D eigenvalue weighted by atomic mass is 35.5. The number of dihydropyridines is 1. The highest BCUT2D eigenvalue weighted by Gasteiger charge is 2.39. The average molecular weight is 924 g/mol. The van der Waals surface area contributed by atoms with Crippen LogP contribution in [0.15, 0.2) is 132 Å². The monoisotopic (exact) mass is 922 g/mol. The molecule has 0 bridgehead atoms. The Morgan fingerprint density at radius 1 is 0.851 bits per heavy atom. The summed E-state index contributed by atoms with van der Waals surface area (Å²) in [5.41, 5.74) is 17.2. The summed E-state index contributed by atoms with van der Waals surface area (Å²) >= 11 is 6.42. The lowest BCUT2D eigenvalue weighted by atomic mass is 9.80. The van der Waals surface area contributed by atoms with Crippen LogP contribution in [0.4, 0.5) is 0 Å². The predicted octanol–water partition coefficient (Wildman–Crippen LogP) is 9.53. The largest absolute Gasteiger partial charge is 0.478 e. The van der Waals surface area contributed by atoms with Crippen LogP contribution in [-0.4, -0.2) is 75.6 Å². The molecule has 14 heteroatoms. The first kappa shape index (κ1) is 47.9. The van der Waals surface area contributed by atoms with Crippen molar-refractivity contribution < 1.29 is 33.7 Å². The molecule has 1 aliphatic heterocycles. The maximum absolute atomic E-state index is 12.9. The van der Waals surface area contributed by atoms with E-state index in [1.807, 2.05) is 42.5 Å². The van der Waals surface area contributed by atoms with Gasteiger partial charge in [0.15, 0.2) is 0 Å². The Morgan fingerprint density at radius 3 is 2.25 bits per heavy atom. The van der Waals surface area contributed by atoms with Gasteiger partial charge in [0.1, 0.15) is 11.6 Å². The smallest absolute Gasteiger partial charge is 0.336 e. The second kappa shape index (κ2) is 21.5. The van der Waals surface area contributed by atoms with Crippen LogP contribution in [0.2, 0.25) is 5.02 Å². The first-order valence-electron chi connectivity index (χ1n) is 22.2. The van der Waals surface area contributed by atoms with E-state index in [1.165, 1.54) is 7.11 Å². The normalized spacial score (nSPS) is 13.6. The van der Waals surface area contributed by atoms with Crippen molar-refractivity contribution in [2.75, 3.05) is 33.5 Å². The van der Waals surface area contributed by atoms with Crippen LogP contribution < -0.4 is 11.1 Å². The number of para-hydroxylation sites is 2. The van der Waals surface area contributed by atoms with Gasteiger partial charge in [-0.15, -0.1) is 0 Å². The number of ether oxygens (including phenoxy) is 3. The molecule has 0 saturated carbocycles. The van der Waals surface area contributed by atoms with Crippen LogP contribution in [0.1, 0.15) is 66.0 Å². The van der Waals surface area contributed by atoms with Crippen molar-refractivity contribution in [3.05, 3.63) is 165 Å². The number of nitrogens with zero attached hydrogens (tertiary/aromatic N) is 4. The summed E-state index contributed by atoms with van der Waals surface area (Å²) in [4.78, 5) is 47.2. The third kappa shape index (κ3) is 10.2. The molecular weight excluding hydrogens is 868 g/mol. The van der Waals surface area contributed by atoms with Gasteiger partial charge in [-0.25, -0.2) is 24.4 Å². The summed E-state index contributed by atoms with van der Waals surface area (Å²) in [6, 6.07) is 34.9. The quantitative estimate of drug-likeness (QED) is 0.0661. The van der Waals surface area contributed by atoms with Gasteiger partial charge >= 0.3 is 17.9 Å². The van der Waals surface area contributed by atoms with Gasteiger partial charge in [-0.2, -0.15) is 0 Å². The molecule has 0 aliphatic carbocycles. The van der Waals surface area contributed by atoms with Gasteiger partial charge in [0.2, 0.25) is 0 Å². The van der Waals surface area contributed by atoms with E-state index in [9.17, 15) is 19.5 Å². The minimum atomic E-state index is -0.921. The summed E-state index contributed by atoms with van der Waals surface area (Å²) in [5, 5.41) is 13.1. The number of carboxylic acids is 1. The number of aromatic carboxylic acids is 1. The molecule has 4 N–H and O–H groups in total. The third-order valence-corrected chi connectivity index (χ3v) is 12.0. The number of allylic oxidation sites excluding steroid dienone is 1. The van der Waals surface area contributed by atoms with Crippen molar-refractivity contribution in [2.45, 2.75) is 53.0 Å². The van der Waals surface area contributed by atoms with Crippen LogP contribution in [0, 0.1) is 6.92 Å². The number of methoxy groups -OCH3 is 1. The van der Waals surface area contributed by atoms with E-state index in [0.29, 0.717) is 52.8 Å². The van der Waals surface area contributed by atoms with Gasteiger partial charge < -0.3 is 39.5 Å². The summed E-state index contributed by atoms with van der Waals surface area (Å²) in [6.45, 7) is 9.39.